The number of halogens is 1. The zero-order valence-corrected chi connectivity index (χ0v) is 14.0. The zero-order valence-electron chi connectivity index (χ0n) is 12.5. The van der Waals surface area contributed by atoms with E-state index in [1.807, 2.05) is 0 Å². The van der Waals surface area contributed by atoms with Crippen LogP contribution in [0.5, 0.6) is 0 Å². The summed E-state index contributed by atoms with van der Waals surface area (Å²) >= 11 is 6.71. The first-order chi connectivity index (χ1) is 10.6. The number of thiazole rings is 1. The van der Waals surface area contributed by atoms with Crippen molar-refractivity contribution < 1.29 is 29.1 Å². The number of anilines is 1. The topological polar surface area (TPSA) is 127 Å². The van der Waals surface area contributed by atoms with Crippen LogP contribution >= 0.6 is 22.9 Å². The molecule has 1 amide bonds. The van der Waals surface area contributed by atoms with Gasteiger partial charge in [-0.15, -0.1) is 0 Å². The fourth-order valence-electron chi connectivity index (χ4n) is 1.26. The van der Waals surface area contributed by atoms with Crippen LogP contribution in [0, 0.1) is 0 Å². The second-order valence-corrected chi connectivity index (χ2v) is 6.61. The number of hydrogen-bond acceptors (Lipinski definition) is 8. The lowest BCUT2D eigenvalue weighted by Gasteiger charge is -2.18. The van der Waals surface area contributed by atoms with Crippen LogP contribution in [0.3, 0.4) is 0 Å². The molecule has 23 heavy (non-hydrogen) atoms. The van der Waals surface area contributed by atoms with Crippen molar-refractivity contribution in [2.75, 3.05) is 11.9 Å². The van der Waals surface area contributed by atoms with E-state index in [4.69, 9.17) is 26.3 Å². The number of rotatable bonds is 7. The van der Waals surface area contributed by atoms with E-state index in [2.05, 4.69) is 15.5 Å². The molecule has 1 aromatic heterocycles. The van der Waals surface area contributed by atoms with Crippen LogP contribution in [0.1, 0.15) is 26.5 Å². The van der Waals surface area contributed by atoms with E-state index in [0.29, 0.717) is 6.41 Å². The lowest BCUT2D eigenvalue weighted by molar-refractivity contribution is -0.160. The Morgan fingerprint density at radius 3 is 2.65 bits per heavy atom. The van der Waals surface area contributed by atoms with Crippen LogP contribution in [-0.4, -0.2) is 46.4 Å². The van der Waals surface area contributed by atoms with Crippen molar-refractivity contribution in [3.8, 4) is 0 Å². The minimum atomic E-state index is -1.46. The number of carbonyl (C=O) groups is 3. The van der Waals surface area contributed by atoms with Gasteiger partial charge in [-0.25, -0.2) is 14.6 Å². The molecule has 11 heteroatoms. The predicted molar refractivity (Wildman–Crippen MR) is 82.8 cm³/mol. The molecular formula is C12H14ClN3O6S. The van der Waals surface area contributed by atoms with Gasteiger partial charge in [0.1, 0.15) is 15.6 Å². The molecule has 1 heterocycles. The molecule has 0 saturated carbocycles. The number of carboxylic acid groups (broad SMARTS) is 1. The van der Waals surface area contributed by atoms with Gasteiger partial charge in [0.15, 0.2) is 5.13 Å². The number of carbonyl (C=O) groups excluding carboxylic acids is 2. The number of hydrogen-bond donors (Lipinski definition) is 2. The second kappa shape index (κ2) is 7.88. The average molecular weight is 364 g/mol. The molecule has 0 radical (unpaired) electrons. The molecule has 126 valence electrons. The lowest BCUT2D eigenvalue weighted by atomic mass is 10.2. The third-order valence-corrected chi connectivity index (χ3v) is 3.14. The molecule has 1 aromatic rings. The Morgan fingerprint density at radius 1 is 1.48 bits per heavy atom. The molecular weight excluding hydrogens is 350 g/mol. The van der Waals surface area contributed by atoms with Gasteiger partial charge in [-0.05, 0) is 20.8 Å². The normalized spacial score (nSPS) is 11.7. The van der Waals surface area contributed by atoms with Crippen LogP contribution in [0.2, 0.25) is 4.34 Å². The molecule has 0 bridgehead atoms. The smallest absolute Gasteiger partial charge is 0.360 e. The highest BCUT2D eigenvalue weighted by Gasteiger charge is 2.23. The molecule has 9 nitrogen and oxygen atoms in total. The molecule has 1 rings (SSSR count). The lowest BCUT2D eigenvalue weighted by Crippen LogP contribution is -2.26. The maximum Gasteiger partial charge on any atom is 0.360 e. The van der Waals surface area contributed by atoms with Crippen LogP contribution < -0.4 is 5.32 Å². The summed E-state index contributed by atoms with van der Waals surface area (Å²) in [4.78, 5) is 41.5. The summed E-state index contributed by atoms with van der Waals surface area (Å²) in [6.45, 7) is 4.45. The van der Waals surface area contributed by atoms with Crippen LogP contribution in [0.4, 0.5) is 5.13 Å². The first-order valence-corrected chi connectivity index (χ1v) is 7.35. The fraction of sp³-hybridized carbons (Fsp3) is 0.417. The van der Waals surface area contributed by atoms with Gasteiger partial charge in [0.2, 0.25) is 18.7 Å². The molecule has 0 aliphatic carbocycles. The Hall–Kier alpha value is -2.20. The summed E-state index contributed by atoms with van der Waals surface area (Å²) in [5, 5.41) is 14.8. The first kappa shape index (κ1) is 18.8. The van der Waals surface area contributed by atoms with Crippen molar-refractivity contribution in [3.63, 3.8) is 0 Å². The minimum absolute atomic E-state index is 0.00336. The monoisotopic (exact) mass is 363 g/mol. The maximum absolute atomic E-state index is 11.5. The van der Waals surface area contributed by atoms with Gasteiger partial charge in [-0.2, -0.15) is 0 Å². The highest BCUT2D eigenvalue weighted by atomic mass is 35.5. The van der Waals surface area contributed by atoms with Gasteiger partial charge in [0, 0.05) is 0 Å². The van der Waals surface area contributed by atoms with E-state index in [-0.39, 0.29) is 15.2 Å². The van der Waals surface area contributed by atoms with Gasteiger partial charge >= 0.3 is 11.9 Å². The number of nitrogens with zero attached hydrogens (tertiary/aromatic N) is 2. The predicted octanol–water partition coefficient (Wildman–Crippen LogP) is 1.51. The summed E-state index contributed by atoms with van der Waals surface area (Å²) in [6.07, 6.45) is 0.371. The molecule has 0 aliphatic rings. The Balaban J connectivity index is 2.84. The van der Waals surface area contributed by atoms with Crippen molar-refractivity contribution in [2.24, 2.45) is 5.16 Å². The summed E-state index contributed by atoms with van der Waals surface area (Å²) in [5.41, 5.74) is -1.49. The van der Waals surface area contributed by atoms with Crippen LogP contribution in [0.25, 0.3) is 0 Å². The van der Waals surface area contributed by atoms with E-state index in [1.54, 1.807) is 20.8 Å². The molecule has 0 spiro atoms. The SMILES string of the molecule is CC(C)(C)OC(=O)CO/N=C(/C(=O)O)c1nc(NC=O)sc1Cl. The van der Waals surface area contributed by atoms with E-state index in [0.717, 1.165) is 11.3 Å². The van der Waals surface area contributed by atoms with E-state index >= 15 is 0 Å². The average Bonchev–Trinajstić information content (AvgIpc) is 2.73. The third kappa shape index (κ3) is 6.20. The van der Waals surface area contributed by atoms with Crippen molar-refractivity contribution in [3.05, 3.63) is 10.0 Å². The molecule has 0 fully saturated rings. The largest absolute Gasteiger partial charge is 0.476 e. The van der Waals surface area contributed by atoms with Gasteiger partial charge in [0.05, 0.1) is 0 Å². The summed E-state index contributed by atoms with van der Waals surface area (Å²) < 4.78 is 4.97. The molecule has 0 saturated heterocycles. The fourth-order valence-corrected chi connectivity index (χ4v) is 2.27. The number of nitrogens with one attached hydrogen (secondary N) is 1. The Morgan fingerprint density at radius 2 is 2.13 bits per heavy atom. The standard InChI is InChI=1S/C12H14ClN3O6S/c1-12(2,3)22-6(18)4-21-16-8(10(19)20)7-9(13)23-11(15-7)14-5-17/h5H,4H2,1-3H3,(H,19,20)(H,14,15,17)/b16-8+. The third-order valence-electron chi connectivity index (χ3n) is 1.95. The maximum atomic E-state index is 11.5. The van der Waals surface area contributed by atoms with Crippen molar-refractivity contribution in [2.45, 2.75) is 26.4 Å². The van der Waals surface area contributed by atoms with Crippen molar-refractivity contribution in [1.29, 1.82) is 0 Å². The van der Waals surface area contributed by atoms with Gasteiger partial charge < -0.3 is 20.0 Å². The van der Waals surface area contributed by atoms with Crippen LogP contribution in [-0.2, 0) is 24.0 Å². The zero-order chi connectivity index (χ0) is 17.6. The van der Waals surface area contributed by atoms with E-state index in [9.17, 15) is 14.4 Å². The number of aromatic nitrogens is 1. The Bertz CT molecular complexity index is 637. The summed E-state index contributed by atoms with van der Waals surface area (Å²) in [7, 11) is 0. The highest BCUT2D eigenvalue weighted by molar-refractivity contribution is 7.20. The minimum Gasteiger partial charge on any atom is -0.476 e. The van der Waals surface area contributed by atoms with E-state index in [1.165, 1.54) is 0 Å². The summed E-state index contributed by atoms with van der Waals surface area (Å²) in [5.74, 6) is -2.17. The first-order valence-electron chi connectivity index (χ1n) is 6.16. The van der Waals surface area contributed by atoms with Gasteiger partial charge in [0.25, 0.3) is 0 Å². The molecule has 0 aliphatic heterocycles. The van der Waals surface area contributed by atoms with Crippen molar-refractivity contribution in [1.82, 2.24) is 4.98 Å². The summed E-state index contributed by atoms with van der Waals surface area (Å²) in [6, 6.07) is 0. The van der Waals surface area contributed by atoms with E-state index < -0.39 is 29.9 Å². The molecule has 0 aromatic carbocycles. The number of amides is 1. The van der Waals surface area contributed by atoms with Gasteiger partial charge in [-0.3, -0.25) is 4.79 Å². The second-order valence-electron chi connectivity index (χ2n) is 5.01. The number of aliphatic carboxylic acids is 1. The molecule has 2 N–H and O–H groups in total. The van der Waals surface area contributed by atoms with Gasteiger partial charge in [-0.1, -0.05) is 28.1 Å². The Labute approximate surface area is 140 Å². The number of ether oxygens (including phenoxy) is 1. The quantitative estimate of drug-likeness (QED) is 0.325. The highest BCUT2D eigenvalue weighted by Crippen LogP contribution is 2.28. The number of carboxylic acids is 1. The van der Waals surface area contributed by atoms with Crippen LogP contribution in [0.15, 0.2) is 5.16 Å². The Kier molecular flexibility index (Phi) is 6.46. The number of esters is 1. The molecule has 0 unspecified atom stereocenters. The number of oxime groups is 1. The molecule has 0 atom stereocenters. The van der Waals surface area contributed by atoms with Crippen molar-refractivity contribution >= 4 is 52.1 Å².